The first-order valence-corrected chi connectivity index (χ1v) is 10.9. The molecule has 0 aromatic heterocycles. The highest BCUT2D eigenvalue weighted by molar-refractivity contribution is 6.31. The molecule has 1 heterocycles. The molecule has 2 aromatic rings. The zero-order chi connectivity index (χ0) is 23.0. The highest BCUT2D eigenvalue weighted by atomic mass is 35.5. The van der Waals surface area contributed by atoms with Gasteiger partial charge in [0, 0.05) is 21.2 Å². The van der Waals surface area contributed by atoms with Gasteiger partial charge in [0.15, 0.2) is 5.78 Å². The first kappa shape index (κ1) is 22.2. The predicted octanol–water partition coefficient (Wildman–Crippen LogP) is 4.43. The Hall–Kier alpha value is -2.96. The van der Waals surface area contributed by atoms with Gasteiger partial charge in [-0.1, -0.05) is 42.3 Å². The SMILES string of the molecule is C[C@@H]1C=CC[C@@H]2C(=O)N(N(CC(=O)c3ccc(Cl)cc3)C(=O)c3ccc(Cl)cc3)C(=O)[C@@H]12. The van der Waals surface area contributed by atoms with E-state index in [9.17, 15) is 19.2 Å². The van der Waals surface area contributed by atoms with Crippen LogP contribution in [0.1, 0.15) is 34.1 Å². The quantitative estimate of drug-likeness (QED) is 0.368. The third-order valence-corrected chi connectivity index (χ3v) is 6.38. The van der Waals surface area contributed by atoms with Gasteiger partial charge in [-0.25, -0.2) is 5.01 Å². The molecule has 3 amide bonds. The largest absolute Gasteiger partial charge is 0.292 e. The predicted molar refractivity (Wildman–Crippen MR) is 120 cm³/mol. The number of hydrogen-bond donors (Lipinski definition) is 0. The number of imide groups is 1. The molecule has 0 spiro atoms. The van der Waals surface area contributed by atoms with Crippen molar-refractivity contribution in [2.75, 3.05) is 6.54 Å². The van der Waals surface area contributed by atoms with Crippen LogP contribution in [0, 0.1) is 17.8 Å². The number of benzene rings is 2. The Labute approximate surface area is 195 Å². The zero-order valence-electron chi connectivity index (χ0n) is 17.2. The normalized spacial score (nSPS) is 22.1. The third-order valence-electron chi connectivity index (χ3n) is 5.88. The summed E-state index contributed by atoms with van der Waals surface area (Å²) in [4.78, 5) is 52.9. The van der Waals surface area contributed by atoms with Gasteiger partial charge in [0.1, 0.15) is 6.54 Å². The lowest BCUT2D eigenvalue weighted by atomic mass is 9.78. The topological polar surface area (TPSA) is 74.8 Å². The number of halogens is 2. The number of carbonyl (C=O) groups is 4. The van der Waals surface area contributed by atoms with Gasteiger partial charge in [-0.2, -0.15) is 5.01 Å². The number of fused-ring (bicyclic) bond motifs is 1. The van der Waals surface area contributed by atoms with Crippen molar-refractivity contribution >= 4 is 46.7 Å². The zero-order valence-corrected chi connectivity index (χ0v) is 18.7. The minimum absolute atomic E-state index is 0.144. The van der Waals surface area contributed by atoms with Gasteiger partial charge < -0.3 is 0 Å². The standard InChI is InChI=1S/C24H20Cl2N2O4/c1-14-3-2-4-19-21(14)24(32)28(23(19)31)27(22(30)16-7-11-18(26)12-8-16)13-20(29)15-5-9-17(25)10-6-15/h2-3,5-12,14,19,21H,4,13H2,1H3/t14-,19+,21+/m1/s1. The fourth-order valence-electron chi connectivity index (χ4n) is 4.21. The smallest absolute Gasteiger partial charge is 0.273 e. The van der Waals surface area contributed by atoms with E-state index in [1.807, 2.05) is 19.1 Å². The minimum atomic E-state index is -0.634. The lowest BCUT2D eigenvalue weighted by molar-refractivity contribution is -0.154. The maximum atomic E-state index is 13.4. The molecule has 4 rings (SSSR count). The summed E-state index contributed by atoms with van der Waals surface area (Å²) >= 11 is 11.8. The van der Waals surface area contributed by atoms with Crippen LogP contribution in [0.2, 0.25) is 10.0 Å². The number of nitrogens with zero attached hydrogens (tertiary/aromatic N) is 2. The summed E-state index contributed by atoms with van der Waals surface area (Å²) in [6.45, 7) is 1.40. The summed E-state index contributed by atoms with van der Waals surface area (Å²) < 4.78 is 0. The second-order valence-electron chi connectivity index (χ2n) is 7.94. The number of hydrogen-bond acceptors (Lipinski definition) is 4. The molecular weight excluding hydrogens is 451 g/mol. The fourth-order valence-corrected chi connectivity index (χ4v) is 4.46. The van der Waals surface area contributed by atoms with Crippen molar-refractivity contribution in [1.29, 1.82) is 0 Å². The van der Waals surface area contributed by atoms with E-state index in [2.05, 4.69) is 0 Å². The number of Topliss-reactive ketones (excluding diaryl/α,β-unsaturated/α-hetero) is 1. The van der Waals surface area contributed by atoms with Crippen LogP contribution >= 0.6 is 23.2 Å². The van der Waals surface area contributed by atoms with Crippen molar-refractivity contribution in [2.24, 2.45) is 17.8 Å². The molecule has 1 aliphatic heterocycles. The van der Waals surface area contributed by atoms with E-state index < -0.39 is 41.9 Å². The van der Waals surface area contributed by atoms with E-state index in [0.717, 1.165) is 10.0 Å². The number of rotatable bonds is 5. The lowest BCUT2D eigenvalue weighted by Crippen LogP contribution is -2.52. The molecule has 0 radical (unpaired) electrons. The maximum absolute atomic E-state index is 13.4. The van der Waals surface area contributed by atoms with Crippen LogP contribution in [0.3, 0.4) is 0 Å². The van der Waals surface area contributed by atoms with Gasteiger partial charge >= 0.3 is 0 Å². The number of hydrazine groups is 1. The Bertz CT molecular complexity index is 1110. The second-order valence-corrected chi connectivity index (χ2v) is 8.82. The van der Waals surface area contributed by atoms with Crippen molar-refractivity contribution in [3.8, 4) is 0 Å². The molecule has 6 nitrogen and oxygen atoms in total. The lowest BCUT2D eigenvalue weighted by Gasteiger charge is -2.30. The van der Waals surface area contributed by atoms with Crippen molar-refractivity contribution in [2.45, 2.75) is 13.3 Å². The van der Waals surface area contributed by atoms with Crippen molar-refractivity contribution < 1.29 is 19.2 Å². The van der Waals surface area contributed by atoms with E-state index >= 15 is 0 Å². The molecule has 2 aromatic carbocycles. The molecule has 8 heteroatoms. The first-order valence-electron chi connectivity index (χ1n) is 10.2. The van der Waals surface area contributed by atoms with E-state index in [-0.39, 0.29) is 11.5 Å². The summed E-state index contributed by atoms with van der Waals surface area (Å²) in [5, 5.41) is 2.72. The summed E-state index contributed by atoms with van der Waals surface area (Å²) in [5.41, 5.74) is 0.523. The molecular formula is C24H20Cl2N2O4. The van der Waals surface area contributed by atoms with Crippen molar-refractivity contribution in [3.05, 3.63) is 81.9 Å². The monoisotopic (exact) mass is 470 g/mol. The van der Waals surface area contributed by atoms with Crippen LogP contribution < -0.4 is 0 Å². The average Bonchev–Trinajstić information content (AvgIpc) is 3.03. The fraction of sp³-hybridized carbons (Fsp3) is 0.250. The van der Waals surface area contributed by atoms with E-state index in [4.69, 9.17) is 23.2 Å². The number of allylic oxidation sites excluding steroid dienone is 2. The maximum Gasteiger partial charge on any atom is 0.273 e. The van der Waals surface area contributed by atoms with Gasteiger partial charge in [-0.05, 0) is 60.9 Å². The van der Waals surface area contributed by atoms with Crippen LogP contribution in [0.5, 0.6) is 0 Å². The summed E-state index contributed by atoms with van der Waals surface area (Å²) in [6, 6.07) is 12.3. The van der Waals surface area contributed by atoms with Crippen LogP contribution in [0.25, 0.3) is 0 Å². The van der Waals surface area contributed by atoms with Crippen LogP contribution in [-0.4, -0.2) is 40.1 Å². The molecule has 0 unspecified atom stereocenters. The Kier molecular flexibility index (Phi) is 6.17. The second kappa shape index (κ2) is 8.88. The highest BCUT2D eigenvalue weighted by Gasteiger charge is 2.53. The molecule has 2 aliphatic rings. The molecule has 1 aliphatic carbocycles. The molecule has 0 N–H and O–H groups in total. The third kappa shape index (κ3) is 4.08. The van der Waals surface area contributed by atoms with Crippen molar-refractivity contribution in [3.63, 3.8) is 0 Å². The van der Waals surface area contributed by atoms with Crippen LogP contribution in [0.4, 0.5) is 0 Å². The average molecular weight is 471 g/mol. The van der Waals surface area contributed by atoms with Gasteiger partial charge in [0.05, 0.1) is 11.8 Å². The summed E-state index contributed by atoms with van der Waals surface area (Å²) in [7, 11) is 0. The Morgan fingerprint density at radius 1 is 0.938 bits per heavy atom. The summed E-state index contributed by atoms with van der Waals surface area (Å²) in [5.74, 6) is -3.25. The van der Waals surface area contributed by atoms with E-state index in [1.54, 1.807) is 12.1 Å². The van der Waals surface area contributed by atoms with Gasteiger partial charge in [0.2, 0.25) is 0 Å². The molecule has 3 atom stereocenters. The minimum Gasteiger partial charge on any atom is -0.292 e. The Balaban J connectivity index is 1.70. The molecule has 0 saturated carbocycles. The Morgan fingerprint density at radius 3 is 2.06 bits per heavy atom. The van der Waals surface area contributed by atoms with Crippen LogP contribution in [-0.2, 0) is 9.59 Å². The van der Waals surface area contributed by atoms with Crippen molar-refractivity contribution in [1.82, 2.24) is 10.0 Å². The molecule has 164 valence electrons. The number of ketones is 1. The van der Waals surface area contributed by atoms with Gasteiger partial charge in [0.25, 0.3) is 17.7 Å². The summed E-state index contributed by atoms with van der Waals surface area (Å²) in [6.07, 6.45) is 4.20. The van der Waals surface area contributed by atoms with Gasteiger partial charge in [-0.3, -0.25) is 19.2 Å². The molecule has 32 heavy (non-hydrogen) atoms. The molecule has 0 bridgehead atoms. The van der Waals surface area contributed by atoms with Crippen LogP contribution in [0.15, 0.2) is 60.7 Å². The van der Waals surface area contributed by atoms with Gasteiger partial charge in [-0.15, -0.1) is 0 Å². The first-order chi connectivity index (χ1) is 15.3. The van der Waals surface area contributed by atoms with E-state index in [1.165, 1.54) is 36.4 Å². The number of amides is 3. The molecule has 1 saturated heterocycles. The highest BCUT2D eigenvalue weighted by Crippen LogP contribution is 2.39. The van der Waals surface area contributed by atoms with E-state index in [0.29, 0.717) is 22.0 Å². The Morgan fingerprint density at radius 2 is 1.50 bits per heavy atom. The molecule has 1 fully saturated rings. The number of carbonyl (C=O) groups excluding carboxylic acids is 4.